The Morgan fingerprint density at radius 2 is 1.86 bits per heavy atom. The summed E-state index contributed by atoms with van der Waals surface area (Å²) in [7, 11) is 4.10. The van der Waals surface area contributed by atoms with Crippen LogP contribution < -0.4 is 9.80 Å². The number of aryl methyl sites for hydroxylation is 2. The van der Waals surface area contributed by atoms with E-state index in [1.165, 1.54) is 23.5 Å². The first kappa shape index (κ1) is 28.7. The molecule has 3 saturated heterocycles. The fraction of sp³-hybridized carbons (Fsp3) is 0.455. The van der Waals surface area contributed by atoms with Crippen LogP contribution in [0.1, 0.15) is 36.0 Å². The first-order valence-corrected chi connectivity index (χ1v) is 16.2. The van der Waals surface area contributed by atoms with Gasteiger partial charge in [-0.25, -0.2) is 13.9 Å². The number of carbonyl (C=O) groups excluding carboxylic acids is 1. The van der Waals surface area contributed by atoms with Gasteiger partial charge in [0.1, 0.15) is 22.5 Å². The molecule has 9 nitrogen and oxygen atoms in total. The van der Waals surface area contributed by atoms with E-state index in [2.05, 4.69) is 53.8 Å². The zero-order valence-corrected chi connectivity index (χ0v) is 26.5. The molecule has 3 fully saturated rings. The van der Waals surface area contributed by atoms with Gasteiger partial charge in [-0.1, -0.05) is 18.3 Å². The number of thiazole rings is 1. The van der Waals surface area contributed by atoms with Crippen molar-refractivity contribution in [1.29, 1.82) is 5.26 Å². The van der Waals surface area contributed by atoms with Crippen LogP contribution in [0, 0.1) is 35.4 Å². The number of pyridine rings is 1. The number of amides is 1. The molecule has 11 heteroatoms. The van der Waals surface area contributed by atoms with Crippen molar-refractivity contribution in [3.8, 4) is 17.3 Å². The third kappa shape index (κ3) is 4.81. The van der Waals surface area contributed by atoms with Crippen molar-refractivity contribution in [2.75, 3.05) is 63.2 Å². The second kappa shape index (κ2) is 10.9. The Kier molecular flexibility index (Phi) is 7.09. The first-order chi connectivity index (χ1) is 21.2. The molecule has 1 spiro atoms. The number of rotatable bonds is 6. The lowest BCUT2D eigenvalue weighted by Crippen LogP contribution is -2.73. The van der Waals surface area contributed by atoms with Crippen LogP contribution in [0.15, 0.2) is 36.4 Å². The number of aromatic nitrogens is 3. The topological polar surface area (TPSA) is 84.0 Å². The second-order valence-corrected chi connectivity index (χ2v) is 13.8. The van der Waals surface area contributed by atoms with Gasteiger partial charge in [-0.3, -0.25) is 4.79 Å². The van der Waals surface area contributed by atoms with E-state index in [-0.39, 0.29) is 17.2 Å². The zero-order valence-electron chi connectivity index (χ0n) is 25.7. The quantitative estimate of drug-likeness (QED) is 0.300. The molecule has 228 valence electrons. The van der Waals surface area contributed by atoms with Gasteiger partial charge >= 0.3 is 0 Å². The maximum atomic E-state index is 13.6. The summed E-state index contributed by atoms with van der Waals surface area (Å²) in [4.78, 5) is 27.2. The van der Waals surface area contributed by atoms with E-state index >= 15 is 0 Å². The Morgan fingerprint density at radius 1 is 1.16 bits per heavy atom. The van der Waals surface area contributed by atoms with Crippen molar-refractivity contribution < 1.29 is 9.18 Å². The van der Waals surface area contributed by atoms with E-state index in [1.807, 2.05) is 16.5 Å². The number of hydrogen-bond acceptors (Lipinski definition) is 8. The smallest absolute Gasteiger partial charge is 0.225 e. The van der Waals surface area contributed by atoms with Gasteiger partial charge < -0.3 is 19.6 Å². The number of nitriles is 1. The van der Waals surface area contributed by atoms with Gasteiger partial charge in [0.05, 0.1) is 16.9 Å². The van der Waals surface area contributed by atoms with Crippen molar-refractivity contribution >= 4 is 39.3 Å². The molecule has 0 unspecified atom stereocenters. The monoisotopic (exact) mass is 612 g/mol. The molecule has 0 radical (unpaired) electrons. The molecule has 7 rings (SSSR count). The van der Waals surface area contributed by atoms with Crippen LogP contribution in [-0.4, -0.2) is 83.7 Å². The average Bonchev–Trinajstić information content (AvgIpc) is 3.58. The highest BCUT2D eigenvalue weighted by molar-refractivity contribution is 7.16. The van der Waals surface area contributed by atoms with Crippen LogP contribution in [0.2, 0.25) is 0 Å². The number of carbonyl (C=O) groups is 1. The molecule has 0 N–H and O–H groups in total. The molecule has 0 aliphatic carbocycles. The lowest BCUT2D eigenvalue weighted by atomic mass is 9.72. The molecular formula is C33H37FN8OS. The molecule has 44 heavy (non-hydrogen) atoms. The van der Waals surface area contributed by atoms with Crippen molar-refractivity contribution in [1.82, 2.24) is 24.4 Å². The molecule has 3 aromatic heterocycles. The number of piperidine rings is 1. The van der Waals surface area contributed by atoms with Gasteiger partial charge in [-0.05, 0) is 82.7 Å². The van der Waals surface area contributed by atoms with Crippen molar-refractivity contribution in [3.05, 3.63) is 58.5 Å². The van der Waals surface area contributed by atoms with E-state index in [1.54, 1.807) is 12.1 Å². The van der Waals surface area contributed by atoms with Crippen LogP contribution in [-0.2, 0) is 11.2 Å². The largest absolute Gasteiger partial charge is 0.370 e. The fourth-order valence-corrected chi connectivity index (χ4v) is 7.97. The highest BCUT2D eigenvalue weighted by Gasteiger charge is 2.54. The minimum atomic E-state index is -0.325. The molecule has 4 aromatic rings. The fourth-order valence-electron chi connectivity index (χ4n) is 7.12. The number of likely N-dealkylation sites (tertiary alicyclic amines) is 2. The summed E-state index contributed by atoms with van der Waals surface area (Å²) in [5.41, 5.74) is 6.57. The number of halogens is 1. The number of anilines is 3. The normalized spacial score (nSPS) is 18.4. The van der Waals surface area contributed by atoms with Crippen molar-refractivity contribution in [2.45, 2.75) is 33.1 Å². The van der Waals surface area contributed by atoms with Crippen molar-refractivity contribution in [3.63, 3.8) is 0 Å². The summed E-state index contributed by atoms with van der Waals surface area (Å²) in [5, 5.41) is 15.5. The zero-order chi connectivity index (χ0) is 30.7. The Bertz CT molecular complexity index is 1770. The Labute approximate surface area is 261 Å². The standard InChI is InChI=1S/C33H37FN8OS/c1-5-26-30(39(4)32-36-29(28(16-35)44-32)22-6-8-24(34)9-7-22)27-15-25(14-21(2)42(27)37-26)40-17-33(18-40)19-41(20-33)31(43)23-10-12-38(3)13-11-23/h6-9,14-15,23H,5,10-13,17-20H2,1-4H3. The molecule has 0 atom stereocenters. The highest BCUT2D eigenvalue weighted by atomic mass is 32.1. The number of hydrogen-bond donors (Lipinski definition) is 0. The number of fused-ring (bicyclic) bond motifs is 1. The van der Waals surface area contributed by atoms with Gasteiger partial charge in [-0.2, -0.15) is 10.4 Å². The molecule has 1 amide bonds. The van der Waals surface area contributed by atoms with Crippen LogP contribution in [0.3, 0.4) is 0 Å². The minimum Gasteiger partial charge on any atom is -0.370 e. The summed E-state index contributed by atoms with van der Waals surface area (Å²) in [6.07, 6.45) is 2.68. The van der Waals surface area contributed by atoms with Crippen LogP contribution in [0.25, 0.3) is 16.8 Å². The molecule has 0 bridgehead atoms. The number of nitrogens with zero attached hydrogens (tertiary/aromatic N) is 8. The van der Waals surface area contributed by atoms with E-state index in [0.29, 0.717) is 27.2 Å². The van der Waals surface area contributed by atoms with E-state index in [9.17, 15) is 14.4 Å². The molecule has 3 aliphatic rings. The second-order valence-electron chi connectivity index (χ2n) is 12.8. The summed E-state index contributed by atoms with van der Waals surface area (Å²) >= 11 is 1.32. The summed E-state index contributed by atoms with van der Waals surface area (Å²) in [6, 6.07) is 12.8. The minimum absolute atomic E-state index is 0.184. The lowest BCUT2D eigenvalue weighted by molar-refractivity contribution is -0.151. The summed E-state index contributed by atoms with van der Waals surface area (Å²) in [6.45, 7) is 9.80. The average molecular weight is 613 g/mol. The Balaban J connectivity index is 1.12. The van der Waals surface area contributed by atoms with Crippen LogP contribution >= 0.6 is 11.3 Å². The maximum Gasteiger partial charge on any atom is 0.225 e. The molecular weight excluding hydrogens is 575 g/mol. The van der Waals surface area contributed by atoms with E-state index in [4.69, 9.17) is 10.1 Å². The SMILES string of the molecule is CCc1nn2c(C)cc(N3CC4(CN(C(=O)C5CCN(C)CC5)C4)C3)cc2c1N(C)c1nc(-c2ccc(F)cc2)c(C#N)s1. The van der Waals surface area contributed by atoms with Gasteiger partial charge in [0.25, 0.3) is 0 Å². The molecule has 1 aromatic carbocycles. The summed E-state index contributed by atoms with van der Waals surface area (Å²) < 4.78 is 15.6. The molecule has 3 aliphatic heterocycles. The predicted molar refractivity (Wildman–Crippen MR) is 171 cm³/mol. The molecule has 6 heterocycles. The van der Waals surface area contributed by atoms with Crippen molar-refractivity contribution in [2.24, 2.45) is 11.3 Å². The van der Waals surface area contributed by atoms with Gasteiger partial charge in [-0.15, -0.1) is 0 Å². The maximum absolute atomic E-state index is 13.6. The highest BCUT2D eigenvalue weighted by Crippen LogP contribution is 2.45. The van der Waals surface area contributed by atoms with Gasteiger partial charge in [0, 0.05) is 61.5 Å². The number of benzene rings is 1. The van der Waals surface area contributed by atoms with E-state index < -0.39 is 0 Å². The van der Waals surface area contributed by atoms with E-state index in [0.717, 1.165) is 86.8 Å². The van der Waals surface area contributed by atoms with Crippen LogP contribution in [0.5, 0.6) is 0 Å². The van der Waals surface area contributed by atoms with Gasteiger partial charge in [0.2, 0.25) is 5.91 Å². The third-order valence-corrected chi connectivity index (χ3v) is 10.6. The predicted octanol–water partition coefficient (Wildman–Crippen LogP) is 5.10. The summed E-state index contributed by atoms with van der Waals surface area (Å²) in [5.74, 6) is 0.209. The third-order valence-electron chi connectivity index (χ3n) is 9.58. The first-order valence-electron chi connectivity index (χ1n) is 15.3. The Hall–Kier alpha value is -4.01. The van der Waals surface area contributed by atoms with Crippen LogP contribution in [0.4, 0.5) is 20.9 Å². The lowest BCUT2D eigenvalue weighted by Gasteiger charge is -2.61. The Morgan fingerprint density at radius 3 is 2.52 bits per heavy atom. The van der Waals surface area contributed by atoms with Gasteiger partial charge in [0.15, 0.2) is 5.13 Å². The molecule has 0 saturated carbocycles.